The van der Waals surface area contributed by atoms with Crippen LogP contribution in [0.5, 0.6) is 0 Å². The molecule has 1 heterocycles. The maximum absolute atomic E-state index is 12.0. The fourth-order valence-corrected chi connectivity index (χ4v) is 2.75. The first-order valence-corrected chi connectivity index (χ1v) is 7.68. The second-order valence-electron chi connectivity index (χ2n) is 5.67. The Morgan fingerprint density at radius 2 is 1.95 bits per heavy atom. The van der Waals surface area contributed by atoms with Gasteiger partial charge in [-0.3, -0.25) is 9.48 Å². The number of aromatic nitrogens is 2. The summed E-state index contributed by atoms with van der Waals surface area (Å²) in [5, 5.41) is 10.6. The van der Waals surface area contributed by atoms with Gasteiger partial charge in [-0.05, 0) is 19.8 Å². The van der Waals surface area contributed by atoms with Crippen molar-refractivity contribution in [3.05, 3.63) is 17.5 Å². The topological polar surface area (TPSA) is 59.0 Å². The van der Waals surface area contributed by atoms with Crippen molar-refractivity contribution in [1.29, 1.82) is 0 Å². The Kier molecular flexibility index (Phi) is 7.75. The lowest BCUT2D eigenvalue weighted by Crippen LogP contribution is -2.37. The summed E-state index contributed by atoms with van der Waals surface area (Å²) in [7, 11) is 1.85. The van der Waals surface area contributed by atoms with Crippen LogP contribution in [0.15, 0.2) is 6.20 Å². The number of halogens is 1. The van der Waals surface area contributed by atoms with Crippen molar-refractivity contribution in [1.82, 2.24) is 20.4 Å². The van der Waals surface area contributed by atoms with Crippen LogP contribution in [0.25, 0.3) is 0 Å². The average molecular weight is 315 g/mol. The van der Waals surface area contributed by atoms with Crippen LogP contribution >= 0.6 is 12.4 Å². The fraction of sp³-hybridized carbons (Fsp3) is 0.733. The van der Waals surface area contributed by atoms with E-state index in [-0.39, 0.29) is 18.3 Å². The van der Waals surface area contributed by atoms with E-state index < -0.39 is 0 Å². The molecule has 0 radical (unpaired) electrons. The number of nitrogens with one attached hydrogen (secondary N) is 2. The van der Waals surface area contributed by atoms with Crippen molar-refractivity contribution in [2.45, 2.75) is 51.5 Å². The lowest BCUT2D eigenvalue weighted by atomic mass is 10.1. The number of amides is 1. The summed E-state index contributed by atoms with van der Waals surface area (Å²) in [6.07, 6.45) is 9.58. The number of nitrogens with zero attached hydrogens (tertiary/aromatic N) is 2. The number of hydrogen-bond acceptors (Lipinski definition) is 3. The Labute approximate surface area is 133 Å². The predicted molar refractivity (Wildman–Crippen MR) is 87.0 cm³/mol. The molecule has 1 amide bonds. The van der Waals surface area contributed by atoms with Crippen LogP contribution in [0.2, 0.25) is 0 Å². The second-order valence-corrected chi connectivity index (χ2v) is 5.67. The van der Waals surface area contributed by atoms with Gasteiger partial charge in [0.05, 0.1) is 11.8 Å². The highest BCUT2D eigenvalue weighted by Gasteiger charge is 2.13. The molecule has 2 rings (SSSR count). The van der Waals surface area contributed by atoms with Crippen LogP contribution in [0.3, 0.4) is 0 Å². The van der Waals surface area contributed by atoms with Gasteiger partial charge >= 0.3 is 0 Å². The Morgan fingerprint density at radius 1 is 1.29 bits per heavy atom. The number of aryl methyl sites for hydroxylation is 1. The minimum Gasteiger partial charge on any atom is -0.351 e. The zero-order valence-corrected chi connectivity index (χ0v) is 13.8. The highest BCUT2D eigenvalue weighted by atomic mass is 35.5. The highest BCUT2D eigenvalue weighted by Crippen LogP contribution is 2.16. The Hall–Kier alpha value is -1.07. The molecule has 2 N–H and O–H groups in total. The number of rotatable bonds is 5. The van der Waals surface area contributed by atoms with Crippen molar-refractivity contribution >= 4 is 18.3 Å². The summed E-state index contributed by atoms with van der Waals surface area (Å²) in [6.45, 7) is 3.42. The molecule has 1 aromatic heterocycles. The molecule has 0 bridgehead atoms. The predicted octanol–water partition coefficient (Wildman–Crippen LogP) is 2.19. The van der Waals surface area contributed by atoms with Gasteiger partial charge in [-0.25, -0.2) is 0 Å². The summed E-state index contributed by atoms with van der Waals surface area (Å²) < 4.78 is 1.72. The van der Waals surface area contributed by atoms with E-state index in [1.165, 1.54) is 38.5 Å². The highest BCUT2D eigenvalue weighted by molar-refractivity contribution is 5.94. The van der Waals surface area contributed by atoms with Crippen LogP contribution < -0.4 is 10.6 Å². The van der Waals surface area contributed by atoms with Gasteiger partial charge in [-0.2, -0.15) is 5.10 Å². The number of hydrogen-bond donors (Lipinski definition) is 2. The molecule has 21 heavy (non-hydrogen) atoms. The Bertz CT molecular complexity index is 439. The van der Waals surface area contributed by atoms with Crippen molar-refractivity contribution in [3.8, 4) is 0 Å². The van der Waals surface area contributed by atoms with Gasteiger partial charge in [0.15, 0.2) is 0 Å². The van der Waals surface area contributed by atoms with Crippen LogP contribution in [0.1, 0.15) is 54.6 Å². The molecule has 0 atom stereocenters. The Balaban J connectivity index is 0.00000220. The fourth-order valence-electron chi connectivity index (χ4n) is 2.75. The molecular formula is C15H27ClN4O. The van der Waals surface area contributed by atoms with Crippen molar-refractivity contribution in [2.75, 3.05) is 13.1 Å². The molecule has 120 valence electrons. The van der Waals surface area contributed by atoms with Gasteiger partial charge in [0, 0.05) is 31.9 Å². The third kappa shape index (κ3) is 5.32. The normalized spacial score (nSPS) is 16.1. The molecular weight excluding hydrogens is 288 g/mol. The number of carbonyl (C=O) groups excluding carboxylic acids is 1. The molecule has 5 nitrogen and oxygen atoms in total. The van der Waals surface area contributed by atoms with Crippen molar-refractivity contribution in [3.63, 3.8) is 0 Å². The van der Waals surface area contributed by atoms with Gasteiger partial charge in [-0.15, -0.1) is 12.4 Å². The van der Waals surface area contributed by atoms with Crippen LogP contribution in [-0.2, 0) is 7.05 Å². The molecule has 1 saturated carbocycles. The van der Waals surface area contributed by atoms with Crippen LogP contribution in [-0.4, -0.2) is 34.8 Å². The first-order valence-electron chi connectivity index (χ1n) is 7.68. The summed E-state index contributed by atoms with van der Waals surface area (Å²) in [6, 6.07) is 0.634. The third-order valence-electron chi connectivity index (χ3n) is 4.18. The minimum absolute atomic E-state index is 0. The van der Waals surface area contributed by atoms with Gasteiger partial charge in [0.2, 0.25) is 0 Å². The molecule has 1 aromatic rings. The zero-order chi connectivity index (χ0) is 14.4. The van der Waals surface area contributed by atoms with Gasteiger partial charge in [-0.1, -0.05) is 25.7 Å². The SMILES string of the molecule is Cc1c(C(=O)NCCNC2CCCCCC2)cnn1C.Cl. The first-order chi connectivity index (χ1) is 9.68. The van der Waals surface area contributed by atoms with Crippen molar-refractivity contribution in [2.24, 2.45) is 7.05 Å². The lowest BCUT2D eigenvalue weighted by molar-refractivity contribution is 0.0952. The molecule has 0 aliphatic heterocycles. The summed E-state index contributed by atoms with van der Waals surface area (Å²) >= 11 is 0. The largest absolute Gasteiger partial charge is 0.351 e. The van der Waals surface area contributed by atoms with E-state index in [9.17, 15) is 4.79 Å². The Morgan fingerprint density at radius 3 is 2.52 bits per heavy atom. The van der Waals surface area contributed by atoms with Gasteiger partial charge < -0.3 is 10.6 Å². The van der Waals surface area contributed by atoms with E-state index in [4.69, 9.17) is 0 Å². The molecule has 0 aromatic carbocycles. The van der Waals surface area contributed by atoms with E-state index >= 15 is 0 Å². The van der Waals surface area contributed by atoms with Gasteiger partial charge in [0.1, 0.15) is 0 Å². The smallest absolute Gasteiger partial charge is 0.254 e. The summed E-state index contributed by atoms with van der Waals surface area (Å²) in [4.78, 5) is 12.0. The quantitative estimate of drug-likeness (QED) is 0.647. The average Bonchev–Trinajstić information content (AvgIpc) is 2.67. The molecule has 0 saturated heterocycles. The monoisotopic (exact) mass is 314 g/mol. The maximum Gasteiger partial charge on any atom is 0.254 e. The second kappa shape index (κ2) is 9.05. The first kappa shape index (κ1) is 18.0. The standard InChI is InChI=1S/C15H26N4O.ClH/c1-12-14(11-18-19(12)2)15(20)17-10-9-16-13-7-5-3-4-6-8-13;/h11,13,16H,3-10H2,1-2H3,(H,17,20);1H. The van der Waals surface area contributed by atoms with E-state index in [2.05, 4.69) is 15.7 Å². The molecule has 1 fully saturated rings. The molecule has 1 aliphatic carbocycles. The summed E-state index contributed by atoms with van der Waals surface area (Å²) in [5.41, 5.74) is 1.57. The van der Waals surface area contributed by atoms with E-state index in [1.54, 1.807) is 10.9 Å². The minimum atomic E-state index is -0.0294. The molecule has 6 heteroatoms. The third-order valence-corrected chi connectivity index (χ3v) is 4.18. The van der Waals surface area contributed by atoms with Crippen LogP contribution in [0.4, 0.5) is 0 Å². The molecule has 1 aliphatic rings. The van der Waals surface area contributed by atoms with Gasteiger partial charge in [0.25, 0.3) is 5.91 Å². The van der Waals surface area contributed by atoms with Crippen molar-refractivity contribution < 1.29 is 4.79 Å². The zero-order valence-electron chi connectivity index (χ0n) is 13.0. The maximum atomic E-state index is 12.0. The lowest BCUT2D eigenvalue weighted by Gasteiger charge is -2.16. The molecule has 0 unspecified atom stereocenters. The van der Waals surface area contributed by atoms with E-state index in [0.29, 0.717) is 18.2 Å². The van der Waals surface area contributed by atoms with E-state index in [0.717, 1.165) is 12.2 Å². The van der Waals surface area contributed by atoms with E-state index in [1.807, 2.05) is 14.0 Å². The molecule has 0 spiro atoms. The van der Waals surface area contributed by atoms with Crippen LogP contribution in [0, 0.1) is 6.92 Å². The number of carbonyl (C=O) groups is 1. The summed E-state index contributed by atoms with van der Waals surface area (Å²) in [5.74, 6) is -0.0294.